The molecule has 0 saturated carbocycles. The number of benzene rings is 1. The van der Waals surface area contributed by atoms with Gasteiger partial charge in [-0.25, -0.2) is 4.68 Å². The predicted octanol–water partition coefficient (Wildman–Crippen LogP) is 1.11. The average Bonchev–Trinajstić information content (AvgIpc) is 2.61. The number of carbonyl (C=O) groups is 1. The molecule has 0 unspecified atom stereocenters. The Morgan fingerprint density at radius 3 is 2.53 bits per heavy atom. The van der Waals surface area contributed by atoms with Gasteiger partial charge in [0.2, 0.25) is 5.95 Å². The van der Waals surface area contributed by atoms with E-state index in [-0.39, 0.29) is 5.56 Å². The van der Waals surface area contributed by atoms with E-state index in [0.717, 1.165) is 10.9 Å². The molecule has 0 bridgehead atoms. The van der Waals surface area contributed by atoms with E-state index in [2.05, 4.69) is 5.10 Å². The Morgan fingerprint density at radius 1 is 1.33 bits per heavy atom. The first-order valence-electron chi connectivity index (χ1n) is 4.29. The Morgan fingerprint density at radius 2 is 2.00 bits per heavy atom. The first kappa shape index (κ1) is 9.39. The summed E-state index contributed by atoms with van der Waals surface area (Å²) in [4.78, 5) is 10.8. The molecule has 2 rings (SSSR count). The summed E-state index contributed by atoms with van der Waals surface area (Å²) < 4.78 is 14.6. The summed E-state index contributed by atoms with van der Waals surface area (Å²) in [5, 5.41) is 3.75. The van der Waals surface area contributed by atoms with Crippen LogP contribution >= 0.6 is 0 Å². The Hall–Kier alpha value is -2.17. The van der Waals surface area contributed by atoms with E-state index < -0.39 is 11.9 Å². The van der Waals surface area contributed by atoms with Crippen LogP contribution in [0.1, 0.15) is 10.4 Å². The minimum absolute atomic E-state index is 0.209. The predicted molar refractivity (Wildman–Crippen MR) is 52.0 cm³/mol. The summed E-state index contributed by atoms with van der Waals surface area (Å²) in [6.07, 6.45) is 1.12. The van der Waals surface area contributed by atoms with Gasteiger partial charge in [-0.15, -0.1) is 0 Å². The zero-order valence-electron chi connectivity index (χ0n) is 7.72. The van der Waals surface area contributed by atoms with Crippen LogP contribution in [0.3, 0.4) is 0 Å². The summed E-state index contributed by atoms with van der Waals surface area (Å²) in [5.74, 6) is -1.57. The summed E-state index contributed by atoms with van der Waals surface area (Å²) in [7, 11) is 0. The van der Waals surface area contributed by atoms with Crippen LogP contribution in [0, 0.1) is 5.95 Å². The van der Waals surface area contributed by atoms with Crippen molar-refractivity contribution in [2.45, 2.75) is 0 Å². The third-order valence-corrected chi connectivity index (χ3v) is 1.98. The molecule has 76 valence electrons. The van der Waals surface area contributed by atoms with E-state index in [0.29, 0.717) is 5.69 Å². The van der Waals surface area contributed by atoms with Crippen molar-refractivity contribution in [3.8, 4) is 5.69 Å². The van der Waals surface area contributed by atoms with E-state index in [9.17, 15) is 9.18 Å². The summed E-state index contributed by atoms with van der Waals surface area (Å²) in [6, 6.07) is 8.67. The molecule has 2 aromatic rings. The van der Waals surface area contributed by atoms with Gasteiger partial charge in [0.25, 0.3) is 5.91 Å². The maximum Gasteiger partial charge on any atom is 0.255 e. The minimum atomic E-state index is -0.824. The standard InChI is InChI=1S/C10H8FN3O/c11-9-8(10(12)15)6-13-14(9)7-4-2-1-3-5-7/h1-6H,(H2,12,15). The zero-order chi connectivity index (χ0) is 10.8. The molecule has 15 heavy (non-hydrogen) atoms. The highest BCUT2D eigenvalue weighted by molar-refractivity contribution is 5.92. The molecule has 0 aliphatic heterocycles. The van der Waals surface area contributed by atoms with E-state index in [1.807, 2.05) is 0 Å². The Labute approximate surface area is 85.1 Å². The van der Waals surface area contributed by atoms with Crippen molar-refractivity contribution in [2.75, 3.05) is 0 Å². The summed E-state index contributed by atoms with van der Waals surface area (Å²) in [6.45, 7) is 0. The van der Waals surface area contributed by atoms with Gasteiger partial charge in [-0.3, -0.25) is 4.79 Å². The number of hydrogen-bond acceptors (Lipinski definition) is 2. The number of nitrogens with zero attached hydrogens (tertiary/aromatic N) is 2. The Kier molecular flexibility index (Phi) is 2.21. The van der Waals surface area contributed by atoms with Crippen LogP contribution in [-0.2, 0) is 0 Å². The highest BCUT2D eigenvalue weighted by atomic mass is 19.1. The molecule has 1 aromatic heterocycles. The van der Waals surface area contributed by atoms with Gasteiger partial charge in [-0.2, -0.15) is 9.49 Å². The molecule has 0 radical (unpaired) electrons. The smallest absolute Gasteiger partial charge is 0.255 e. The fourth-order valence-electron chi connectivity index (χ4n) is 1.25. The fourth-order valence-corrected chi connectivity index (χ4v) is 1.25. The number of rotatable bonds is 2. The number of primary amides is 1. The Bertz CT molecular complexity index is 493. The van der Waals surface area contributed by atoms with Crippen molar-refractivity contribution < 1.29 is 9.18 Å². The van der Waals surface area contributed by atoms with Gasteiger partial charge in [0.15, 0.2) is 0 Å². The SMILES string of the molecule is NC(=O)c1cnn(-c2ccccc2)c1F. The third kappa shape index (κ3) is 1.59. The van der Waals surface area contributed by atoms with Crippen LogP contribution in [0.2, 0.25) is 0 Å². The number of halogens is 1. The lowest BCUT2D eigenvalue weighted by Crippen LogP contribution is -2.12. The van der Waals surface area contributed by atoms with Crippen LogP contribution in [0.4, 0.5) is 4.39 Å². The monoisotopic (exact) mass is 205 g/mol. The lowest BCUT2D eigenvalue weighted by atomic mass is 10.3. The molecule has 1 amide bonds. The number of aromatic nitrogens is 2. The second kappa shape index (κ2) is 3.53. The lowest BCUT2D eigenvalue weighted by molar-refractivity contribution is 0.0996. The van der Waals surface area contributed by atoms with Crippen LogP contribution in [0.25, 0.3) is 5.69 Å². The van der Waals surface area contributed by atoms with Gasteiger partial charge in [-0.1, -0.05) is 18.2 Å². The molecule has 1 heterocycles. The third-order valence-electron chi connectivity index (χ3n) is 1.98. The number of hydrogen-bond donors (Lipinski definition) is 1. The zero-order valence-corrected chi connectivity index (χ0v) is 7.72. The first-order chi connectivity index (χ1) is 7.20. The van der Waals surface area contributed by atoms with Crippen molar-refractivity contribution >= 4 is 5.91 Å². The molecule has 4 nitrogen and oxygen atoms in total. The van der Waals surface area contributed by atoms with Crippen LogP contribution < -0.4 is 5.73 Å². The molecular weight excluding hydrogens is 197 g/mol. The highest BCUT2D eigenvalue weighted by Crippen LogP contribution is 2.12. The number of amides is 1. The largest absolute Gasteiger partial charge is 0.365 e. The molecule has 0 aliphatic rings. The van der Waals surface area contributed by atoms with Gasteiger partial charge in [0.1, 0.15) is 5.56 Å². The first-order valence-corrected chi connectivity index (χ1v) is 4.29. The summed E-state index contributed by atoms with van der Waals surface area (Å²) >= 11 is 0. The van der Waals surface area contributed by atoms with Crippen molar-refractivity contribution in [3.05, 3.63) is 48.0 Å². The average molecular weight is 205 g/mol. The molecule has 1 aromatic carbocycles. The van der Waals surface area contributed by atoms with E-state index in [1.54, 1.807) is 30.3 Å². The van der Waals surface area contributed by atoms with Crippen LogP contribution in [0.15, 0.2) is 36.5 Å². The van der Waals surface area contributed by atoms with E-state index in [4.69, 9.17) is 5.73 Å². The molecule has 0 atom stereocenters. The van der Waals surface area contributed by atoms with Gasteiger partial charge in [-0.05, 0) is 12.1 Å². The van der Waals surface area contributed by atoms with Gasteiger partial charge >= 0.3 is 0 Å². The second-order valence-corrected chi connectivity index (χ2v) is 2.96. The minimum Gasteiger partial charge on any atom is -0.365 e. The van der Waals surface area contributed by atoms with E-state index in [1.165, 1.54) is 0 Å². The molecule has 0 spiro atoms. The molecule has 0 saturated heterocycles. The van der Waals surface area contributed by atoms with Crippen LogP contribution in [0.5, 0.6) is 0 Å². The van der Waals surface area contributed by atoms with E-state index >= 15 is 0 Å². The molecule has 5 heteroatoms. The molecule has 0 fully saturated rings. The number of para-hydroxylation sites is 1. The fraction of sp³-hybridized carbons (Fsp3) is 0. The maximum atomic E-state index is 13.6. The lowest BCUT2D eigenvalue weighted by Gasteiger charge is -2.00. The van der Waals surface area contributed by atoms with Gasteiger partial charge < -0.3 is 5.73 Å². The second-order valence-electron chi connectivity index (χ2n) is 2.96. The molecule has 2 N–H and O–H groups in total. The van der Waals surface area contributed by atoms with Crippen molar-refractivity contribution in [2.24, 2.45) is 5.73 Å². The Balaban J connectivity index is 2.52. The van der Waals surface area contributed by atoms with Gasteiger partial charge in [0, 0.05) is 0 Å². The van der Waals surface area contributed by atoms with Gasteiger partial charge in [0.05, 0.1) is 11.9 Å². The number of carbonyl (C=O) groups excluding carboxylic acids is 1. The van der Waals surface area contributed by atoms with Crippen molar-refractivity contribution in [1.29, 1.82) is 0 Å². The number of nitrogens with two attached hydrogens (primary N) is 1. The van der Waals surface area contributed by atoms with Crippen molar-refractivity contribution in [3.63, 3.8) is 0 Å². The summed E-state index contributed by atoms with van der Waals surface area (Å²) in [5.41, 5.74) is 5.31. The van der Waals surface area contributed by atoms with Crippen molar-refractivity contribution in [1.82, 2.24) is 9.78 Å². The molecular formula is C10H8FN3O. The topological polar surface area (TPSA) is 60.9 Å². The highest BCUT2D eigenvalue weighted by Gasteiger charge is 2.15. The maximum absolute atomic E-state index is 13.6. The van der Waals surface area contributed by atoms with Crippen LogP contribution in [-0.4, -0.2) is 15.7 Å². The quantitative estimate of drug-likeness (QED) is 0.798. The molecule has 0 aliphatic carbocycles. The normalized spacial score (nSPS) is 10.2.